The van der Waals surface area contributed by atoms with Gasteiger partial charge in [-0.15, -0.1) is 0 Å². The Morgan fingerprint density at radius 3 is 2.33 bits per heavy atom. The number of benzene rings is 1. The van der Waals surface area contributed by atoms with Crippen LogP contribution in [0.25, 0.3) is 0 Å². The zero-order valence-corrected chi connectivity index (χ0v) is 10.3. The summed E-state index contributed by atoms with van der Waals surface area (Å²) in [7, 11) is 0. The minimum atomic E-state index is -4.30. The number of alkyl halides is 3. The zero-order chi connectivity index (χ0) is 13.6. The molecular formula is C12H11F3O2S. The number of carboxylic acid groups (broad SMARTS) is 1. The summed E-state index contributed by atoms with van der Waals surface area (Å²) in [5.74, 6) is -1.29. The molecule has 6 heteroatoms. The number of aliphatic carboxylic acids is 1. The largest absolute Gasteiger partial charge is 0.481 e. The Bertz CT molecular complexity index is 469. The molecule has 0 bridgehead atoms. The van der Waals surface area contributed by atoms with E-state index in [0.29, 0.717) is 6.42 Å². The van der Waals surface area contributed by atoms with E-state index in [2.05, 4.69) is 0 Å². The van der Waals surface area contributed by atoms with Crippen LogP contribution in [0.1, 0.15) is 18.9 Å². The minimum absolute atomic E-state index is 0.113. The Labute approximate surface area is 106 Å². The van der Waals surface area contributed by atoms with E-state index in [-0.39, 0.29) is 16.7 Å². The van der Waals surface area contributed by atoms with Crippen molar-refractivity contribution in [1.29, 1.82) is 0 Å². The molecule has 18 heavy (non-hydrogen) atoms. The van der Waals surface area contributed by atoms with Crippen LogP contribution in [0.15, 0.2) is 29.2 Å². The predicted octanol–water partition coefficient (Wildman–Crippen LogP) is 3.66. The molecule has 1 aromatic rings. The molecule has 98 valence electrons. The van der Waals surface area contributed by atoms with Crippen LogP contribution in [0, 0.1) is 5.92 Å². The summed E-state index contributed by atoms with van der Waals surface area (Å²) < 4.78 is 36.4. The van der Waals surface area contributed by atoms with Gasteiger partial charge < -0.3 is 5.11 Å². The lowest BCUT2D eigenvalue weighted by molar-refractivity contribution is -0.138. The molecule has 2 unspecified atom stereocenters. The molecule has 0 spiro atoms. The van der Waals surface area contributed by atoms with E-state index in [1.807, 2.05) is 6.92 Å². The van der Waals surface area contributed by atoms with E-state index in [1.54, 1.807) is 12.1 Å². The van der Waals surface area contributed by atoms with E-state index in [1.165, 1.54) is 12.1 Å². The first-order valence-corrected chi connectivity index (χ1v) is 6.13. The Morgan fingerprint density at radius 1 is 1.39 bits per heavy atom. The summed E-state index contributed by atoms with van der Waals surface area (Å²) in [6.45, 7) is 1.82. The van der Waals surface area contributed by atoms with Gasteiger partial charge in [0.15, 0.2) is 0 Å². The van der Waals surface area contributed by atoms with Gasteiger partial charge in [-0.05, 0) is 35.9 Å². The molecule has 0 heterocycles. The van der Waals surface area contributed by atoms with Crippen LogP contribution in [0.5, 0.6) is 0 Å². The van der Waals surface area contributed by atoms with Gasteiger partial charge in [0.1, 0.15) is 0 Å². The summed E-state index contributed by atoms with van der Waals surface area (Å²) in [5, 5.41) is 8.90. The average molecular weight is 276 g/mol. The van der Waals surface area contributed by atoms with Gasteiger partial charge in [0.2, 0.25) is 0 Å². The molecule has 2 atom stereocenters. The fourth-order valence-electron chi connectivity index (χ4n) is 2.08. The number of rotatable bonds is 3. The van der Waals surface area contributed by atoms with Crippen LogP contribution in [-0.2, 0) is 10.2 Å². The monoisotopic (exact) mass is 276 g/mol. The highest BCUT2D eigenvalue weighted by Gasteiger charge is 2.55. The Morgan fingerprint density at radius 2 is 1.94 bits per heavy atom. The maximum Gasteiger partial charge on any atom is 0.446 e. The normalized spacial score (nSPS) is 27.0. The van der Waals surface area contributed by atoms with Gasteiger partial charge in [0.25, 0.3) is 0 Å². The lowest BCUT2D eigenvalue weighted by Crippen LogP contribution is -2.10. The zero-order valence-electron chi connectivity index (χ0n) is 9.49. The average Bonchev–Trinajstić information content (AvgIpc) is 2.91. The maximum absolute atomic E-state index is 12.1. The van der Waals surface area contributed by atoms with E-state index in [4.69, 9.17) is 5.11 Å². The highest BCUT2D eigenvalue weighted by molar-refractivity contribution is 8.00. The van der Waals surface area contributed by atoms with E-state index in [9.17, 15) is 18.0 Å². The number of carboxylic acids is 1. The van der Waals surface area contributed by atoms with Gasteiger partial charge in [0.05, 0.1) is 5.92 Å². The molecular weight excluding hydrogens is 265 g/mol. The third-order valence-corrected chi connectivity index (χ3v) is 4.02. The topological polar surface area (TPSA) is 37.3 Å². The summed E-state index contributed by atoms with van der Waals surface area (Å²) >= 11 is -0.169. The van der Waals surface area contributed by atoms with Crippen molar-refractivity contribution in [2.75, 3.05) is 0 Å². The maximum atomic E-state index is 12.1. The second kappa shape index (κ2) is 4.19. The molecule has 0 amide bonds. The third-order valence-electron chi connectivity index (χ3n) is 3.28. The van der Waals surface area contributed by atoms with Crippen molar-refractivity contribution in [3.05, 3.63) is 29.8 Å². The fraction of sp³-hybridized carbons (Fsp3) is 0.417. The molecule has 0 saturated heterocycles. The molecule has 0 aromatic heterocycles. The highest BCUT2D eigenvalue weighted by atomic mass is 32.2. The Kier molecular flexibility index (Phi) is 3.09. The number of hydrogen-bond donors (Lipinski definition) is 1. The van der Waals surface area contributed by atoms with Crippen molar-refractivity contribution < 1.29 is 23.1 Å². The smallest absolute Gasteiger partial charge is 0.446 e. The predicted molar refractivity (Wildman–Crippen MR) is 61.4 cm³/mol. The lowest BCUT2D eigenvalue weighted by atomic mass is 9.96. The lowest BCUT2D eigenvalue weighted by Gasteiger charge is -2.11. The molecule has 1 N–H and O–H groups in total. The standard InChI is InChI=1S/C12H11F3O2S/c1-11(6-9(11)10(16)17)7-2-4-8(5-3-7)18-12(13,14)15/h2-5,9H,6H2,1H3,(H,16,17). The first kappa shape index (κ1) is 13.3. The van der Waals surface area contributed by atoms with Crippen LogP contribution in [0.2, 0.25) is 0 Å². The highest BCUT2D eigenvalue weighted by Crippen LogP contribution is 2.54. The van der Waals surface area contributed by atoms with Crippen molar-refractivity contribution in [1.82, 2.24) is 0 Å². The van der Waals surface area contributed by atoms with Crippen LogP contribution >= 0.6 is 11.8 Å². The molecule has 2 nitrogen and oxygen atoms in total. The SMILES string of the molecule is CC1(c2ccc(SC(F)(F)F)cc2)CC1C(=O)O. The van der Waals surface area contributed by atoms with Crippen molar-refractivity contribution in [3.8, 4) is 0 Å². The van der Waals surface area contributed by atoms with Crippen molar-refractivity contribution in [2.24, 2.45) is 5.92 Å². The minimum Gasteiger partial charge on any atom is -0.481 e. The molecule has 1 saturated carbocycles. The number of thioether (sulfide) groups is 1. The molecule has 0 radical (unpaired) electrons. The van der Waals surface area contributed by atoms with Gasteiger partial charge in [-0.1, -0.05) is 19.1 Å². The van der Waals surface area contributed by atoms with Crippen molar-refractivity contribution >= 4 is 17.7 Å². The number of hydrogen-bond acceptors (Lipinski definition) is 2. The van der Waals surface area contributed by atoms with E-state index >= 15 is 0 Å². The third kappa shape index (κ3) is 2.63. The summed E-state index contributed by atoms with van der Waals surface area (Å²) in [6.07, 6.45) is 0.536. The first-order chi connectivity index (χ1) is 8.22. The Hall–Kier alpha value is -1.17. The summed E-state index contributed by atoms with van der Waals surface area (Å²) in [6, 6.07) is 5.93. The Balaban J connectivity index is 2.12. The second-order valence-electron chi connectivity index (χ2n) is 4.58. The quantitative estimate of drug-likeness (QED) is 0.856. The molecule has 2 rings (SSSR count). The van der Waals surface area contributed by atoms with Gasteiger partial charge >= 0.3 is 11.5 Å². The molecule has 1 aromatic carbocycles. The number of halogens is 3. The summed E-state index contributed by atoms with van der Waals surface area (Å²) in [5.41, 5.74) is -3.96. The molecule has 0 aliphatic heterocycles. The van der Waals surface area contributed by atoms with Crippen LogP contribution in [0.4, 0.5) is 13.2 Å². The van der Waals surface area contributed by atoms with Gasteiger partial charge in [0, 0.05) is 10.3 Å². The van der Waals surface area contributed by atoms with Crippen molar-refractivity contribution in [3.63, 3.8) is 0 Å². The van der Waals surface area contributed by atoms with E-state index < -0.39 is 22.8 Å². The van der Waals surface area contributed by atoms with Crippen molar-refractivity contribution in [2.45, 2.75) is 29.2 Å². The molecule has 1 fully saturated rings. The van der Waals surface area contributed by atoms with Gasteiger partial charge in [-0.3, -0.25) is 4.79 Å². The second-order valence-corrected chi connectivity index (χ2v) is 5.72. The van der Waals surface area contributed by atoms with Crippen LogP contribution in [0.3, 0.4) is 0 Å². The summed E-state index contributed by atoms with van der Waals surface area (Å²) in [4.78, 5) is 11.0. The van der Waals surface area contributed by atoms with E-state index in [0.717, 1.165) is 5.56 Å². The molecule has 1 aliphatic carbocycles. The first-order valence-electron chi connectivity index (χ1n) is 5.31. The fourth-order valence-corrected chi connectivity index (χ4v) is 2.62. The van der Waals surface area contributed by atoms with Gasteiger partial charge in [-0.2, -0.15) is 13.2 Å². The molecule has 1 aliphatic rings. The number of carbonyl (C=O) groups is 1. The van der Waals surface area contributed by atoms with Crippen LogP contribution < -0.4 is 0 Å². The van der Waals surface area contributed by atoms with Gasteiger partial charge in [-0.25, -0.2) is 0 Å². The van der Waals surface area contributed by atoms with Crippen LogP contribution in [-0.4, -0.2) is 16.6 Å².